The SMILES string of the molecule is CCN(CCBr)C(=O)Oc1cccc(N(CCBr)C(=O)O)c1. The maximum Gasteiger partial charge on any atom is 0.415 e. The number of nitrogens with zero attached hydrogens (tertiary/aromatic N) is 2. The standard InChI is InChI=1S/C14H18Br2N2O4/c1-2-17(8-6-15)14(21)22-12-5-3-4-11(10-12)18(9-7-16)13(19)20/h3-5,10H,2,6-9H2,1H3,(H,19,20). The van der Waals surface area contributed by atoms with Crippen molar-refractivity contribution in [3.63, 3.8) is 0 Å². The number of anilines is 1. The predicted molar refractivity (Wildman–Crippen MR) is 92.7 cm³/mol. The zero-order valence-corrected chi connectivity index (χ0v) is 15.3. The van der Waals surface area contributed by atoms with Gasteiger partial charge in [-0.15, -0.1) is 0 Å². The lowest BCUT2D eigenvalue weighted by Gasteiger charge is -2.21. The summed E-state index contributed by atoms with van der Waals surface area (Å²) in [6, 6.07) is 6.47. The molecule has 0 saturated carbocycles. The summed E-state index contributed by atoms with van der Waals surface area (Å²) in [6.07, 6.45) is -1.51. The van der Waals surface area contributed by atoms with Gasteiger partial charge < -0.3 is 14.7 Å². The molecule has 1 rings (SSSR count). The molecule has 6 nitrogen and oxygen atoms in total. The van der Waals surface area contributed by atoms with E-state index in [4.69, 9.17) is 4.74 Å². The van der Waals surface area contributed by atoms with Gasteiger partial charge in [-0.25, -0.2) is 9.59 Å². The molecule has 0 aliphatic carbocycles. The van der Waals surface area contributed by atoms with Crippen LogP contribution in [0.4, 0.5) is 15.3 Å². The summed E-state index contributed by atoms with van der Waals surface area (Å²) in [5.74, 6) is 0.316. The zero-order valence-electron chi connectivity index (χ0n) is 12.2. The topological polar surface area (TPSA) is 70.1 Å². The Morgan fingerprint density at radius 1 is 1.23 bits per heavy atom. The molecule has 0 unspecified atom stereocenters. The number of carboxylic acid groups (broad SMARTS) is 1. The Labute approximate surface area is 146 Å². The fourth-order valence-corrected chi connectivity index (χ4v) is 2.56. The Hall–Kier alpha value is -1.28. The average Bonchev–Trinajstić information content (AvgIpc) is 2.50. The van der Waals surface area contributed by atoms with E-state index < -0.39 is 12.2 Å². The van der Waals surface area contributed by atoms with E-state index in [1.54, 1.807) is 23.1 Å². The first-order valence-corrected chi connectivity index (χ1v) is 8.97. The summed E-state index contributed by atoms with van der Waals surface area (Å²) in [4.78, 5) is 26.0. The van der Waals surface area contributed by atoms with Crippen molar-refractivity contribution in [2.24, 2.45) is 0 Å². The van der Waals surface area contributed by atoms with E-state index in [0.717, 1.165) is 0 Å². The monoisotopic (exact) mass is 436 g/mol. The molecule has 0 aliphatic rings. The fourth-order valence-electron chi connectivity index (χ4n) is 1.78. The molecule has 1 aromatic rings. The minimum Gasteiger partial charge on any atom is -0.465 e. The lowest BCUT2D eigenvalue weighted by molar-refractivity contribution is 0.158. The third-order valence-electron chi connectivity index (χ3n) is 2.87. The van der Waals surface area contributed by atoms with Gasteiger partial charge in [-0.3, -0.25) is 4.90 Å². The van der Waals surface area contributed by atoms with E-state index in [1.165, 1.54) is 11.0 Å². The highest BCUT2D eigenvalue weighted by molar-refractivity contribution is 9.09. The number of carbonyl (C=O) groups excluding carboxylic acids is 1. The molecule has 0 spiro atoms. The number of halogens is 2. The minimum absolute atomic E-state index is 0.303. The van der Waals surface area contributed by atoms with Crippen molar-refractivity contribution in [2.75, 3.05) is 35.2 Å². The second-order valence-corrected chi connectivity index (χ2v) is 5.84. The van der Waals surface area contributed by atoms with Gasteiger partial charge >= 0.3 is 12.2 Å². The van der Waals surface area contributed by atoms with Crippen LogP contribution in [0.25, 0.3) is 0 Å². The van der Waals surface area contributed by atoms with E-state index >= 15 is 0 Å². The molecule has 0 bridgehead atoms. The van der Waals surface area contributed by atoms with Crippen LogP contribution in [0.15, 0.2) is 24.3 Å². The molecule has 0 heterocycles. The predicted octanol–water partition coefficient (Wildman–Crippen LogP) is 3.78. The van der Waals surface area contributed by atoms with Crippen LogP contribution in [0, 0.1) is 0 Å². The van der Waals surface area contributed by atoms with Gasteiger partial charge in [0.1, 0.15) is 5.75 Å². The van der Waals surface area contributed by atoms with Gasteiger partial charge in [0.05, 0.1) is 5.69 Å². The van der Waals surface area contributed by atoms with Crippen molar-refractivity contribution in [1.29, 1.82) is 0 Å². The quantitative estimate of drug-likeness (QED) is 0.659. The molecule has 22 heavy (non-hydrogen) atoms. The largest absolute Gasteiger partial charge is 0.465 e. The van der Waals surface area contributed by atoms with Crippen LogP contribution in [-0.4, -0.2) is 52.5 Å². The summed E-state index contributed by atoms with van der Waals surface area (Å²) in [5.41, 5.74) is 0.459. The fraction of sp³-hybridized carbons (Fsp3) is 0.429. The van der Waals surface area contributed by atoms with Gasteiger partial charge in [-0.2, -0.15) is 0 Å². The maximum absolute atomic E-state index is 12.0. The summed E-state index contributed by atoms with van der Waals surface area (Å²) in [7, 11) is 0. The van der Waals surface area contributed by atoms with Crippen LogP contribution < -0.4 is 9.64 Å². The molecular weight excluding hydrogens is 420 g/mol. The van der Waals surface area contributed by atoms with Crippen LogP contribution >= 0.6 is 31.9 Å². The first kappa shape index (κ1) is 18.8. The number of hydrogen-bond acceptors (Lipinski definition) is 3. The Balaban J connectivity index is 2.87. The molecule has 1 N–H and O–H groups in total. The summed E-state index contributed by atoms with van der Waals surface area (Å²) >= 11 is 6.50. The number of hydrogen-bond donors (Lipinski definition) is 1. The molecule has 0 atom stereocenters. The Morgan fingerprint density at radius 3 is 2.45 bits per heavy atom. The Morgan fingerprint density at radius 2 is 1.91 bits per heavy atom. The van der Waals surface area contributed by atoms with Crippen LogP contribution in [0.2, 0.25) is 0 Å². The first-order chi connectivity index (χ1) is 10.5. The molecule has 2 amide bonds. The summed E-state index contributed by atoms with van der Waals surface area (Å²) in [6.45, 7) is 3.24. The minimum atomic E-state index is -1.06. The highest BCUT2D eigenvalue weighted by Crippen LogP contribution is 2.22. The lowest BCUT2D eigenvalue weighted by atomic mass is 10.3. The molecule has 0 aliphatic heterocycles. The van der Waals surface area contributed by atoms with Gasteiger partial charge in [-0.05, 0) is 19.1 Å². The number of alkyl halides is 2. The van der Waals surface area contributed by atoms with Crippen molar-refractivity contribution in [2.45, 2.75) is 6.92 Å². The van der Waals surface area contributed by atoms with Gasteiger partial charge in [0.25, 0.3) is 0 Å². The van der Waals surface area contributed by atoms with Crippen LogP contribution in [0.5, 0.6) is 5.75 Å². The van der Waals surface area contributed by atoms with E-state index in [1.807, 2.05) is 6.92 Å². The highest BCUT2D eigenvalue weighted by Gasteiger charge is 2.16. The molecule has 0 saturated heterocycles. The third-order valence-corrected chi connectivity index (χ3v) is 3.58. The van der Waals surface area contributed by atoms with Gasteiger partial charge in [-0.1, -0.05) is 37.9 Å². The smallest absolute Gasteiger partial charge is 0.415 e. The van der Waals surface area contributed by atoms with Crippen LogP contribution in [0.1, 0.15) is 6.92 Å². The Bertz CT molecular complexity index is 513. The highest BCUT2D eigenvalue weighted by atomic mass is 79.9. The van der Waals surface area contributed by atoms with Crippen molar-refractivity contribution >= 4 is 49.7 Å². The lowest BCUT2D eigenvalue weighted by Crippen LogP contribution is -2.35. The summed E-state index contributed by atoms with van der Waals surface area (Å²) in [5, 5.41) is 10.4. The number of rotatable bonds is 7. The van der Waals surface area contributed by atoms with Crippen molar-refractivity contribution in [3.8, 4) is 5.75 Å². The van der Waals surface area contributed by atoms with E-state index in [9.17, 15) is 14.7 Å². The van der Waals surface area contributed by atoms with Gasteiger partial charge in [0.15, 0.2) is 0 Å². The van der Waals surface area contributed by atoms with Crippen LogP contribution in [-0.2, 0) is 0 Å². The molecular formula is C14H18Br2N2O4. The van der Waals surface area contributed by atoms with Crippen molar-refractivity contribution in [3.05, 3.63) is 24.3 Å². The molecule has 122 valence electrons. The molecule has 8 heteroatoms. The molecule has 0 fully saturated rings. The number of ether oxygens (including phenoxy) is 1. The Kier molecular flexibility index (Phi) is 8.26. The second-order valence-electron chi connectivity index (χ2n) is 4.26. The zero-order chi connectivity index (χ0) is 16.5. The van der Waals surface area contributed by atoms with Gasteiger partial charge in [0, 0.05) is 36.4 Å². The summed E-state index contributed by atoms with van der Waals surface area (Å²) < 4.78 is 5.30. The van der Waals surface area contributed by atoms with Gasteiger partial charge in [0.2, 0.25) is 0 Å². The first-order valence-electron chi connectivity index (χ1n) is 6.72. The number of amides is 2. The number of carbonyl (C=O) groups is 2. The van der Waals surface area contributed by atoms with Crippen LogP contribution in [0.3, 0.4) is 0 Å². The maximum atomic E-state index is 12.0. The van der Waals surface area contributed by atoms with E-state index in [-0.39, 0.29) is 0 Å². The molecule has 0 radical (unpaired) electrons. The third kappa shape index (κ3) is 5.49. The normalized spacial score (nSPS) is 10.1. The second kappa shape index (κ2) is 9.68. The molecule has 0 aromatic heterocycles. The average molecular weight is 438 g/mol. The van der Waals surface area contributed by atoms with Crippen molar-refractivity contribution in [1.82, 2.24) is 4.90 Å². The van der Waals surface area contributed by atoms with E-state index in [0.29, 0.717) is 41.7 Å². The van der Waals surface area contributed by atoms with E-state index in [2.05, 4.69) is 31.9 Å². The molecule has 1 aromatic carbocycles. The van der Waals surface area contributed by atoms with Crippen molar-refractivity contribution < 1.29 is 19.4 Å². The number of benzene rings is 1.